The number of benzene rings is 1. The summed E-state index contributed by atoms with van der Waals surface area (Å²) in [4.78, 5) is 0. The van der Waals surface area contributed by atoms with Gasteiger partial charge >= 0.3 is 12.3 Å². The standard InChI is InChI=1S/C10H12F4N2O/c1-17-8-4-6(2-3-7(8)15)16-5-10(13,14)9(11)12/h2-4,9,16H,5,15H2,1H3. The van der Waals surface area contributed by atoms with Crippen LogP contribution in [0.3, 0.4) is 0 Å². The highest BCUT2D eigenvalue weighted by Crippen LogP contribution is 2.27. The van der Waals surface area contributed by atoms with Crippen LogP contribution in [0.4, 0.5) is 28.9 Å². The Kier molecular flexibility index (Phi) is 4.03. The van der Waals surface area contributed by atoms with E-state index in [1.807, 2.05) is 0 Å². The Bertz CT molecular complexity index is 385. The monoisotopic (exact) mass is 252 g/mol. The molecule has 0 fully saturated rings. The zero-order chi connectivity index (χ0) is 13.1. The van der Waals surface area contributed by atoms with Crippen LogP contribution in [-0.4, -0.2) is 26.0 Å². The molecule has 0 unspecified atom stereocenters. The molecule has 96 valence electrons. The quantitative estimate of drug-likeness (QED) is 0.625. The summed E-state index contributed by atoms with van der Waals surface area (Å²) in [6.45, 7) is -1.16. The summed E-state index contributed by atoms with van der Waals surface area (Å²) in [6, 6.07) is 4.19. The smallest absolute Gasteiger partial charge is 0.324 e. The molecule has 3 nitrogen and oxygen atoms in total. The van der Waals surface area contributed by atoms with Gasteiger partial charge in [-0.1, -0.05) is 0 Å². The number of nitrogen functional groups attached to an aromatic ring is 1. The number of ether oxygens (including phenoxy) is 1. The molecule has 3 N–H and O–H groups in total. The van der Waals surface area contributed by atoms with E-state index < -0.39 is 18.9 Å². The minimum Gasteiger partial charge on any atom is -0.495 e. The maximum absolute atomic E-state index is 12.6. The molecule has 0 aliphatic heterocycles. The molecular weight excluding hydrogens is 240 g/mol. The van der Waals surface area contributed by atoms with Gasteiger partial charge in [0.1, 0.15) is 5.75 Å². The van der Waals surface area contributed by atoms with Crippen LogP contribution in [0.2, 0.25) is 0 Å². The van der Waals surface area contributed by atoms with Crippen molar-refractivity contribution in [2.45, 2.75) is 12.3 Å². The fourth-order valence-electron chi connectivity index (χ4n) is 1.12. The lowest BCUT2D eigenvalue weighted by molar-refractivity contribution is -0.117. The van der Waals surface area contributed by atoms with Crippen LogP contribution in [-0.2, 0) is 0 Å². The largest absolute Gasteiger partial charge is 0.495 e. The van der Waals surface area contributed by atoms with Crippen LogP contribution in [0.25, 0.3) is 0 Å². The van der Waals surface area contributed by atoms with Crippen molar-refractivity contribution in [2.24, 2.45) is 0 Å². The van der Waals surface area contributed by atoms with E-state index in [0.29, 0.717) is 5.69 Å². The van der Waals surface area contributed by atoms with E-state index in [2.05, 4.69) is 5.32 Å². The number of methoxy groups -OCH3 is 1. The molecule has 0 heterocycles. The third-order valence-corrected chi connectivity index (χ3v) is 2.08. The molecule has 7 heteroatoms. The van der Waals surface area contributed by atoms with Gasteiger partial charge in [0.2, 0.25) is 0 Å². The molecule has 0 spiro atoms. The molecule has 17 heavy (non-hydrogen) atoms. The normalized spacial score (nSPS) is 11.6. The number of nitrogens with two attached hydrogens (primary N) is 1. The van der Waals surface area contributed by atoms with Gasteiger partial charge in [0.25, 0.3) is 0 Å². The summed E-state index contributed by atoms with van der Waals surface area (Å²) >= 11 is 0. The Balaban J connectivity index is 2.70. The Morgan fingerprint density at radius 3 is 2.59 bits per heavy atom. The van der Waals surface area contributed by atoms with Crippen LogP contribution in [0.15, 0.2) is 18.2 Å². The van der Waals surface area contributed by atoms with E-state index in [1.165, 1.54) is 25.3 Å². The highest BCUT2D eigenvalue weighted by atomic mass is 19.3. The second-order valence-corrected chi connectivity index (χ2v) is 3.37. The van der Waals surface area contributed by atoms with Crippen LogP contribution in [0.1, 0.15) is 0 Å². The zero-order valence-electron chi connectivity index (χ0n) is 9.01. The molecule has 0 bridgehead atoms. The first-order chi connectivity index (χ1) is 7.86. The molecule has 0 amide bonds. The summed E-state index contributed by atoms with van der Waals surface area (Å²) < 4.78 is 53.9. The Morgan fingerprint density at radius 2 is 2.06 bits per heavy atom. The Morgan fingerprint density at radius 1 is 1.41 bits per heavy atom. The maximum atomic E-state index is 12.6. The van der Waals surface area contributed by atoms with Gasteiger partial charge in [-0.25, -0.2) is 8.78 Å². The van der Waals surface area contributed by atoms with Gasteiger partial charge in [-0.2, -0.15) is 8.78 Å². The highest BCUT2D eigenvalue weighted by molar-refractivity contribution is 5.61. The predicted molar refractivity (Wildman–Crippen MR) is 56.8 cm³/mol. The fourth-order valence-corrected chi connectivity index (χ4v) is 1.12. The van der Waals surface area contributed by atoms with Gasteiger partial charge < -0.3 is 15.8 Å². The summed E-state index contributed by atoms with van der Waals surface area (Å²) in [7, 11) is 1.36. The SMILES string of the molecule is COc1cc(NCC(F)(F)C(F)F)ccc1N. The molecule has 1 rings (SSSR count). The first-order valence-corrected chi connectivity index (χ1v) is 4.70. The molecule has 0 aliphatic rings. The number of rotatable bonds is 5. The lowest BCUT2D eigenvalue weighted by Crippen LogP contribution is -2.34. The number of hydrogen-bond acceptors (Lipinski definition) is 3. The Hall–Kier alpha value is -1.66. The fraction of sp³-hybridized carbons (Fsp3) is 0.400. The molecule has 1 aromatic carbocycles. The topological polar surface area (TPSA) is 47.3 Å². The first kappa shape index (κ1) is 13.4. The van der Waals surface area contributed by atoms with E-state index >= 15 is 0 Å². The van der Waals surface area contributed by atoms with Gasteiger partial charge in [-0.3, -0.25) is 0 Å². The molecule has 0 atom stereocenters. The second-order valence-electron chi connectivity index (χ2n) is 3.37. The molecule has 0 aromatic heterocycles. The van der Waals surface area contributed by atoms with E-state index in [0.717, 1.165) is 0 Å². The first-order valence-electron chi connectivity index (χ1n) is 4.70. The third kappa shape index (κ3) is 3.40. The van der Waals surface area contributed by atoms with Crippen LogP contribution in [0.5, 0.6) is 5.75 Å². The molecule has 0 saturated carbocycles. The number of alkyl halides is 4. The van der Waals surface area contributed by atoms with Crippen molar-refractivity contribution in [2.75, 3.05) is 24.7 Å². The Labute approximate surface area is 95.6 Å². The minimum absolute atomic E-state index is 0.233. The van der Waals surface area contributed by atoms with Crippen LogP contribution in [0, 0.1) is 0 Å². The maximum Gasteiger partial charge on any atom is 0.324 e. The molecular formula is C10H12F4N2O. The number of hydrogen-bond donors (Lipinski definition) is 2. The van der Waals surface area contributed by atoms with Crippen molar-refractivity contribution in [3.63, 3.8) is 0 Å². The summed E-state index contributed by atoms with van der Waals surface area (Å²) in [5, 5.41) is 2.20. The summed E-state index contributed by atoms with van der Waals surface area (Å²) in [6.07, 6.45) is -3.70. The summed E-state index contributed by atoms with van der Waals surface area (Å²) in [5.74, 6) is -3.79. The van der Waals surface area contributed by atoms with E-state index in [-0.39, 0.29) is 11.4 Å². The zero-order valence-corrected chi connectivity index (χ0v) is 9.01. The van der Waals surface area contributed by atoms with E-state index in [4.69, 9.17) is 10.5 Å². The number of halogens is 4. The van der Waals surface area contributed by atoms with E-state index in [1.54, 1.807) is 0 Å². The predicted octanol–water partition coefficient (Wildman–Crippen LogP) is 2.59. The molecule has 0 saturated heterocycles. The third-order valence-electron chi connectivity index (χ3n) is 2.08. The lowest BCUT2D eigenvalue weighted by Gasteiger charge is -2.17. The van der Waals surface area contributed by atoms with Gasteiger partial charge in [0.05, 0.1) is 19.3 Å². The van der Waals surface area contributed by atoms with Gasteiger partial charge in [0.15, 0.2) is 0 Å². The minimum atomic E-state index is -4.07. The van der Waals surface area contributed by atoms with Crippen LogP contribution < -0.4 is 15.8 Å². The van der Waals surface area contributed by atoms with Crippen molar-refractivity contribution in [1.29, 1.82) is 0 Å². The molecule has 0 radical (unpaired) electrons. The lowest BCUT2D eigenvalue weighted by atomic mass is 10.2. The van der Waals surface area contributed by atoms with Gasteiger partial charge in [0, 0.05) is 11.8 Å². The van der Waals surface area contributed by atoms with Crippen molar-refractivity contribution in [3.05, 3.63) is 18.2 Å². The van der Waals surface area contributed by atoms with Crippen molar-refractivity contribution >= 4 is 11.4 Å². The van der Waals surface area contributed by atoms with E-state index in [9.17, 15) is 17.6 Å². The molecule has 1 aromatic rings. The average Bonchev–Trinajstić information content (AvgIpc) is 2.28. The van der Waals surface area contributed by atoms with Crippen molar-refractivity contribution in [1.82, 2.24) is 0 Å². The summed E-state index contributed by atoms with van der Waals surface area (Å²) in [5.41, 5.74) is 6.07. The average molecular weight is 252 g/mol. The number of nitrogens with one attached hydrogen (secondary N) is 1. The van der Waals surface area contributed by atoms with Gasteiger partial charge in [-0.15, -0.1) is 0 Å². The van der Waals surface area contributed by atoms with Crippen molar-refractivity contribution < 1.29 is 22.3 Å². The van der Waals surface area contributed by atoms with Crippen molar-refractivity contribution in [3.8, 4) is 5.75 Å². The molecule has 0 aliphatic carbocycles. The second kappa shape index (κ2) is 5.11. The van der Waals surface area contributed by atoms with Gasteiger partial charge in [-0.05, 0) is 12.1 Å². The number of anilines is 2. The highest BCUT2D eigenvalue weighted by Gasteiger charge is 2.40. The van der Waals surface area contributed by atoms with Crippen LogP contribution >= 0.6 is 0 Å².